The van der Waals surface area contributed by atoms with E-state index in [1.807, 2.05) is 89.8 Å². The Kier molecular flexibility index (Phi) is 54.5. The second-order valence-corrected chi connectivity index (χ2v) is 38.8. The maximum absolute atomic E-state index is 13.3. The van der Waals surface area contributed by atoms with Gasteiger partial charge in [-0.3, -0.25) is 48.5 Å². The summed E-state index contributed by atoms with van der Waals surface area (Å²) in [6.45, 7) is 5.64. The molecule has 50 heteroatoms. The summed E-state index contributed by atoms with van der Waals surface area (Å²) in [5, 5.41) is 134. The number of nitrogens with zero attached hydrogens (tertiary/aromatic N) is 8. The van der Waals surface area contributed by atoms with E-state index in [0.717, 1.165) is 158 Å². The number of hydrogen-bond acceptors (Lipinski definition) is 33. The van der Waals surface area contributed by atoms with E-state index in [4.69, 9.17) is 106 Å². The number of carbonyl (C=O) groups is 9. The van der Waals surface area contributed by atoms with Crippen LogP contribution >= 0.6 is 46.9 Å². The van der Waals surface area contributed by atoms with Crippen LogP contribution in [-0.2, 0) is 54.3 Å². The molecule has 7 aliphatic heterocycles. The van der Waals surface area contributed by atoms with Gasteiger partial charge < -0.3 is 128 Å². The highest BCUT2D eigenvalue weighted by atomic mass is 35.5. The van der Waals surface area contributed by atoms with Gasteiger partial charge in [0.05, 0.1) is 63.2 Å². The molecule has 792 valence electrons. The topological polar surface area (TPSA) is 549 Å². The highest BCUT2D eigenvalue weighted by Gasteiger charge is 2.38. The molecule has 0 radical (unpaired) electrons. The number of methoxy groups -OCH3 is 1. The quantitative estimate of drug-likeness (QED) is 0.00554. The van der Waals surface area contributed by atoms with Gasteiger partial charge in [0.2, 0.25) is 23.2 Å². The summed E-state index contributed by atoms with van der Waals surface area (Å²) < 4.78 is 39.2. The number of nitro benzene ring substituents is 1. The van der Waals surface area contributed by atoms with Crippen LogP contribution in [0, 0.1) is 15.9 Å². The van der Waals surface area contributed by atoms with E-state index in [9.17, 15) is 57.7 Å². The minimum Gasteiger partial charge on any atom is -0.482 e. The molecule has 0 saturated carbocycles. The van der Waals surface area contributed by atoms with Crippen LogP contribution in [0.4, 0.5) is 49.9 Å². The van der Waals surface area contributed by atoms with Crippen molar-refractivity contribution in [1.82, 2.24) is 0 Å². The Morgan fingerprint density at radius 1 is 0.395 bits per heavy atom. The predicted molar refractivity (Wildman–Crippen MR) is 569 cm³/mol. The molecule has 0 fully saturated rings. The summed E-state index contributed by atoms with van der Waals surface area (Å²) >= 11 is 10.2. The van der Waals surface area contributed by atoms with Gasteiger partial charge in [-0.25, -0.2) is 9.18 Å². The number of nitro groups is 1. The van der Waals surface area contributed by atoms with Crippen molar-refractivity contribution in [2.75, 3.05) is 119 Å². The maximum atomic E-state index is 13.3. The zero-order valence-corrected chi connectivity index (χ0v) is 85.9. The van der Waals surface area contributed by atoms with Crippen LogP contribution in [0.1, 0.15) is 171 Å². The maximum Gasteiger partial charge on any atom is 0.451 e. The van der Waals surface area contributed by atoms with E-state index in [1.54, 1.807) is 44.7 Å². The molecule has 0 aliphatic carbocycles. The molecular formula is C97H131B7ClFN8O30S3. The third-order valence-corrected chi connectivity index (χ3v) is 27.4. The first-order valence-electron chi connectivity index (χ1n) is 49.6. The minimum absolute atomic E-state index is 0.0201. The molecule has 1 unspecified atom stereocenters. The number of halogens is 2. The molecule has 0 spiro atoms. The van der Waals surface area contributed by atoms with Crippen LogP contribution in [0.3, 0.4) is 0 Å². The number of para-hydroxylation sites is 4. The fraction of sp³-hybridized carbons (Fsp3) is 0.474. The first kappa shape index (κ1) is 122. The number of unbranched alkanes of at least 4 members (excludes halogenated alkanes) is 14. The van der Waals surface area contributed by atoms with E-state index in [2.05, 4.69) is 6.07 Å². The van der Waals surface area contributed by atoms with Crippen molar-refractivity contribution in [3.8, 4) is 17.2 Å². The van der Waals surface area contributed by atoms with Crippen molar-refractivity contribution in [1.29, 1.82) is 0 Å². The van der Waals surface area contributed by atoms with Crippen LogP contribution in [0.15, 0.2) is 160 Å². The summed E-state index contributed by atoms with van der Waals surface area (Å²) in [6.07, 6.45) is 20.3. The molecule has 7 heterocycles. The molecular weight excluding hydrogens is 1980 g/mol. The van der Waals surface area contributed by atoms with E-state index < -0.39 is 77.9 Å². The molecule has 7 amide bonds. The Hall–Kier alpha value is -10.3. The monoisotopic (exact) mass is 2110 g/mol. The zero-order chi connectivity index (χ0) is 107. The van der Waals surface area contributed by atoms with Crippen LogP contribution in [0.5, 0.6) is 17.2 Å². The number of esters is 2. The van der Waals surface area contributed by atoms with Gasteiger partial charge in [0.1, 0.15) is 23.1 Å². The van der Waals surface area contributed by atoms with Crippen molar-refractivity contribution in [3.05, 3.63) is 178 Å². The van der Waals surface area contributed by atoms with Gasteiger partial charge in [-0.1, -0.05) is 163 Å². The first-order valence-corrected chi connectivity index (χ1v) is 52.8. The van der Waals surface area contributed by atoms with E-state index >= 15 is 0 Å². The fourth-order valence-corrected chi connectivity index (χ4v) is 19.5. The number of fused-ring (bicyclic) bond motifs is 7. The summed E-state index contributed by atoms with van der Waals surface area (Å²) in [5.41, 5.74) is 5.98. The smallest absolute Gasteiger partial charge is 0.451 e. The summed E-state index contributed by atoms with van der Waals surface area (Å²) in [5.74, 6) is 0.979. The van der Waals surface area contributed by atoms with Gasteiger partial charge in [-0.05, 0) is 186 Å². The van der Waals surface area contributed by atoms with Crippen LogP contribution in [0.2, 0.25) is 49.3 Å². The van der Waals surface area contributed by atoms with Crippen molar-refractivity contribution >= 4 is 196 Å². The molecule has 147 heavy (non-hydrogen) atoms. The number of ether oxygens (including phenoxy) is 5. The number of aryl methyl sites for hydroxylation is 1. The standard InChI is InChI=1S/C16H22BNO5S.C15H20BNO5S.C14H20BNO3.C13H17BClNO3S.C13H17BFNO4.C13H17BN2O6.C13H18BNO4/c1-2-14(19)23-16-15(20)18(11-7-3-6-10-17(21)22)12-8-4-5-9-13(12)24-16;1-22-15(19)11-5-6-13-12(9-11)17(14(18)10-23-13)8-4-2-3-7-16(20)21;17-14-9-8-12-6-2-3-7-13(12)16(14)11-5-1-4-10-15(18)19;15-10-4-5-11-12(8-10)20-9-13(17)16(11)7-3-1-2-6-14(18)19;15-10-4-5-12-11(8-10)16(13(17)9-20-12)7-3-1-2-6-14(18)19;17-13-9-22-12-5-4-10(16(20)21)8-11(12)15(13)7-3-1-2-6-14(18)19;16-13-10-19-12-7-3-2-6-11(12)15(13)9-5-1-4-8-14(17)18/h4-5,8-9,16,21-22H,2-3,6-7,10-11H2,1H3;5-6,9,20-21H,2-4,7-8,10H2,1H3;2-3,6-7,18-19H,1,4-5,8-11H2;2*4-5,8,18-19H,1-3,6-7,9H2;4-5,8,18-19H,1-3,6-7,9H2;2-3,6-7,17-18H,1,4-5,8-10H2. The molecule has 7 aromatic carbocycles. The normalized spacial score (nSPS) is 14.4. The Bertz CT molecular complexity index is 5300. The second kappa shape index (κ2) is 65.6. The number of rotatable bonds is 46. The lowest BCUT2D eigenvalue weighted by Gasteiger charge is -2.33. The van der Waals surface area contributed by atoms with E-state index in [1.165, 1.54) is 94.2 Å². The Morgan fingerprint density at radius 3 is 1.23 bits per heavy atom. The van der Waals surface area contributed by atoms with Gasteiger partial charge in [0.15, 0.2) is 19.8 Å². The average molecular weight is 2120 g/mol. The highest BCUT2D eigenvalue weighted by molar-refractivity contribution is 8.01. The third kappa shape index (κ3) is 41.9. The average Bonchev–Trinajstić information content (AvgIpc) is 0.802. The molecule has 0 aromatic heterocycles. The molecule has 0 saturated heterocycles. The number of hydrogen-bond donors (Lipinski definition) is 14. The lowest BCUT2D eigenvalue weighted by molar-refractivity contribution is -0.384. The number of anilines is 7. The van der Waals surface area contributed by atoms with Crippen LogP contribution in [-0.4, -0.2) is 268 Å². The molecule has 1 atom stereocenters. The largest absolute Gasteiger partial charge is 0.482 e. The second-order valence-electron chi connectivity index (χ2n) is 35.2. The predicted octanol–water partition coefficient (Wildman–Crippen LogP) is 10.8. The van der Waals surface area contributed by atoms with E-state index in [-0.39, 0.29) is 73.3 Å². The summed E-state index contributed by atoms with van der Waals surface area (Å²) in [6, 6.07) is 42.2. The third-order valence-electron chi connectivity index (χ3n) is 23.9. The number of non-ortho nitro benzene ring substituents is 1. The SMILES string of the molecule is CCC(=O)OC1Sc2ccccc2N(CCCCCB(O)O)C1=O.COC(=O)c1ccc2c(c1)N(CCCCCB(O)O)C(=O)CS2.O=C1CCc2ccccc2N1CCCCCB(O)O.O=C1COc2ccc(F)cc2N1CCCCCB(O)O.O=C1COc2ccc([N+](=O)[O-])cc2N1CCCCCB(O)O.O=C1COc2ccccc2N1CCCCCB(O)O.O=C1CSc2cc(Cl)ccc2N1CCCCCB(O)O. The summed E-state index contributed by atoms with van der Waals surface area (Å²) in [4.78, 5) is 133. The van der Waals surface area contributed by atoms with E-state index in [0.29, 0.717) is 173 Å². The number of thioether (sulfide) groups is 3. The van der Waals surface area contributed by atoms with Crippen molar-refractivity contribution in [2.45, 2.75) is 225 Å². The van der Waals surface area contributed by atoms with Gasteiger partial charge in [0, 0.05) is 102 Å². The lowest BCUT2D eigenvalue weighted by atomic mass is 9.83. The lowest BCUT2D eigenvalue weighted by Crippen LogP contribution is -2.43. The van der Waals surface area contributed by atoms with Crippen molar-refractivity contribution in [3.63, 3.8) is 0 Å². The molecule has 14 N–H and O–H groups in total. The number of amides is 7. The molecule has 7 aromatic rings. The van der Waals surface area contributed by atoms with Gasteiger partial charge in [-0.2, -0.15) is 0 Å². The Balaban J connectivity index is 0.000000209. The van der Waals surface area contributed by atoms with Crippen molar-refractivity contribution in [2.24, 2.45) is 0 Å². The molecule has 7 aliphatic rings. The van der Waals surface area contributed by atoms with Gasteiger partial charge >= 0.3 is 61.8 Å². The highest BCUT2D eigenvalue weighted by Crippen LogP contribution is 2.43. The summed E-state index contributed by atoms with van der Waals surface area (Å²) in [7, 11) is -7.49. The molecule has 14 rings (SSSR count). The van der Waals surface area contributed by atoms with Gasteiger partial charge in [-0.15, -0.1) is 23.5 Å². The number of benzene rings is 7. The first-order chi connectivity index (χ1) is 70.5. The number of carbonyl (C=O) groups excluding carboxylic acids is 9. The Morgan fingerprint density at radius 2 is 0.776 bits per heavy atom. The molecule has 38 nitrogen and oxygen atoms in total. The van der Waals surface area contributed by atoms with Crippen molar-refractivity contribution < 1.29 is 146 Å². The van der Waals surface area contributed by atoms with Crippen LogP contribution < -0.4 is 48.5 Å². The fourth-order valence-electron chi connectivity index (χ4n) is 16.3. The minimum atomic E-state index is -1.31. The van der Waals surface area contributed by atoms with Gasteiger partial charge in [0.25, 0.3) is 29.3 Å². The van der Waals surface area contributed by atoms with Crippen LogP contribution in [0.25, 0.3) is 0 Å². The molecule has 0 bridgehead atoms. The zero-order valence-electron chi connectivity index (χ0n) is 82.7. The Labute approximate surface area is 875 Å².